The van der Waals surface area contributed by atoms with Crippen LogP contribution in [-0.4, -0.2) is 38.9 Å². The molecule has 0 fully saturated rings. The number of halogens is 1. The molecule has 0 aliphatic heterocycles. The molecule has 0 unspecified atom stereocenters. The molecule has 4 rings (SSSR count). The third-order valence-electron chi connectivity index (χ3n) is 6.16. The van der Waals surface area contributed by atoms with Crippen LogP contribution in [0.4, 0.5) is 17.1 Å². The third kappa shape index (κ3) is 5.72. The lowest BCUT2D eigenvalue weighted by atomic mass is 10.1. The molecule has 0 aliphatic rings. The molecule has 186 valence electrons. The minimum absolute atomic E-state index is 0.117. The predicted octanol–water partition coefficient (Wildman–Crippen LogP) is 6.12. The van der Waals surface area contributed by atoms with Gasteiger partial charge < -0.3 is 14.7 Å². The van der Waals surface area contributed by atoms with Crippen molar-refractivity contribution in [3.05, 3.63) is 123 Å². The van der Waals surface area contributed by atoms with Crippen molar-refractivity contribution < 1.29 is 14.4 Å². The second-order valence-corrected chi connectivity index (χ2v) is 9.66. The fourth-order valence-electron chi connectivity index (χ4n) is 3.86. The highest BCUT2D eigenvalue weighted by atomic mass is 127. The van der Waals surface area contributed by atoms with Gasteiger partial charge in [-0.25, -0.2) is 0 Å². The zero-order valence-corrected chi connectivity index (χ0v) is 22.9. The number of benzene rings is 4. The Bertz CT molecular complexity index is 1420. The van der Waals surface area contributed by atoms with E-state index in [2.05, 4.69) is 22.6 Å². The lowest BCUT2D eigenvalue weighted by molar-refractivity contribution is 0.0985. The summed E-state index contributed by atoms with van der Waals surface area (Å²) in [5, 5.41) is 0. The largest absolute Gasteiger partial charge is 0.311 e. The number of anilines is 3. The summed E-state index contributed by atoms with van der Waals surface area (Å²) in [5.41, 5.74) is 3.81. The molecule has 0 N–H and O–H groups in total. The Balaban J connectivity index is 1.44. The Labute approximate surface area is 230 Å². The van der Waals surface area contributed by atoms with Crippen LogP contribution in [0.3, 0.4) is 0 Å². The molecule has 0 bridgehead atoms. The van der Waals surface area contributed by atoms with E-state index >= 15 is 0 Å². The van der Waals surface area contributed by atoms with Crippen molar-refractivity contribution in [3.8, 4) is 0 Å². The van der Waals surface area contributed by atoms with Gasteiger partial charge in [-0.1, -0.05) is 30.3 Å². The summed E-state index contributed by atoms with van der Waals surface area (Å²) >= 11 is 2.15. The Morgan fingerprint density at radius 2 is 0.865 bits per heavy atom. The second-order valence-electron chi connectivity index (χ2n) is 8.50. The highest BCUT2D eigenvalue weighted by Gasteiger charge is 2.19. The molecule has 0 aliphatic carbocycles. The van der Waals surface area contributed by atoms with Crippen LogP contribution in [-0.2, 0) is 0 Å². The van der Waals surface area contributed by atoms with Crippen LogP contribution in [0.1, 0.15) is 31.1 Å². The van der Waals surface area contributed by atoms with Gasteiger partial charge in [-0.3, -0.25) is 14.4 Å². The molecule has 0 radical (unpaired) electrons. The topological polar surface area (TPSA) is 60.9 Å². The Morgan fingerprint density at radius 3 is 1.32 bits per heavy atom. The summed E-state index contributed by atoms with van der Waals surface area (Å²) in [7, 11) is 5.14. The highest BCUT2D eigenvalue weighted by Crippen LogP contribution is 2.22. The number of carbonyl (C=O) groups is 3. The van der Waals surface area contributed by atoms with Gasteiger partial charge in [0.1, 0.15) is 0 Å². The maximum Gasteiger partial charge on any atom is 0.259 e. The van der Waals surface area contributed by atoms with E-state index in [1.807, 2.05) is 48.5 Å². The van der Waals surface area contributed by atoms with Gasteiger partial charge >= 0.3 is 0 Å². The van der Waals surface area contributed by atoms with E-state index in [-0.39, 0.29) is 17.7 Å². The Morgan fingerprint density at radius 1 is 0.486 bits per heavy atom. The first-order chi connectivity index (χ1) is 17.8. The number of para-hydroxylation sites is 1. The lowest BCUT2D eigenvalue weighted by Crippen LogP contribution is -2.28. The fraction of sp³-hybridized carbons (Fsp3) is 0.100. The summed E-state index contributed by atoms with van der Waals surface area (Å²) in [4.78, 5) is 43.5. The maximum absolute atomic E-state index is 13.1. The molecule has 4 aromatic rings. The van der Waals surface area contributed by atoms with Gasteiger partial charge in [-0.2, -0.15) is 0 Å². The Hall–Kier alpha value is -3.98. The number of nitrogens with zero attached hydrogens (tertiary/aromatic N) is 3. The molecule has 0 saturated carbocycles. The van der Waals surface area contributed by atoms with Crippen LogP contribution in [0.5, 0.6) is 0 Å². The zero-order chi connectivity index (χ0) is 26.5. The number of rotatable bonds is 6. The normalized spacial score (nSPS) is 10.5. The van der Waals surface area contributed by atoms with Crippen molar-refractivity contribution in [2.24, 2.45) is 0 Å². The van der Waals surface area contributed by atoms with E-state index in [0.717, 1.165) is 9.26 Å². The predicted molar refractivity (Wildman–Crippen MR) is 157 cm³/mol. The number of amides is 3. The molecule has 0 heterocycles. The summed E-state index contributed by atoms with van der Waals surface area (Å²) < 4.78 is 0.879. The van der Waals surface area contributed by atoms with Crippen molar-refractivity contribution in [1.82, 2.24) is 0 Å². The first-order valence-corrected chi connectivity index (χ1v) is 12.7. The first kappa shape index (κ1) is 26.1. The molecule has 6 nitrogen and oxygen atoms in total. The molecule has 0 saturated heterocycles. The molecular weight excluding hydrogens is 577 g/mol. The highest BCUT2D eigenvalue weighted by molar-refractivity contribution is 14.1. The Kier molecular flexibility index (Phi) is 8.03. The van der Waals surface area contributed by atoms with Crippen molar-refractivity contribution in [1.29, 1.82) is 0 Å². The van der Waals surface area contributed by atoms with Crippen LogP contribution in [0.25, 0.3) is 0 Å². The van der Waals surface area contributed by atoms with E-state index in [0.29, 0.717) is 28.1 Å². The molecule has 37 heavy (non-hydrogen) atoms. The zero-order valence-electron chi connectivity index (χ0n) is 20.8. The van der Waals surface area contributed by atoms with Crippen LogP contribution in [0, 0.1) is 3.57 Å². The first-order valence-electron chi connectivity index (χ1n) is 11.6. The number of hydrogen-bond donors (Lipinski definition) is 0. The van der Waals surface area contributed by atoms with Crippen LogP contribution in [0.15, 0.2) is 103 Å². The standard InChI is InChI=1S/C30H26IN3O3/c1-32(23-9-5-4-6-10-23)28(35)21-13-17-24(18-14-21)33(2)29(36)22-15-19-25(20-16-22)34(3)30(37)26-11-7-8-12-27(26)31/h4-20H,1-3H3. The summed E-state index contributed by atoms with van der Waals surface area (Å²) in [6.45, 7) is 0. The second kappa shape index (κ2) is 11.4. The third-order valence-corrected chi connectivity index (χ3v) is 7.11. The monoisotopic (exact) mass is 603 g/mol. The van der Waals surface area contributed by atoms with E-state index in [1.54, 1.807) is 85.5 Å². The van der Waals surface area contributed by atoms with Crippen molar-refractivity contribution in [2.75, 3.05) is 35.8 Å². The minimum atomic E-state index is -0.196. The van der Waals surface area contributed by atoms with Gasteiger partial charge in [-0.05, 0) is 95.4 Å². The van der Waals surface area contributed by atoms with Gasteiger partial charge in [0.25, 0.3) is 17.7 Å². The molecule has 3 amide bonds. The minimum Gasteiger partial charge on any atom is -0.311 e. The van der Waals surface area contributed by atoms with Crippen LogP contribution in [0.2, 0.25) is 0 Å². The van der Waals surface area contributed by atoms with Crippen LogP contribution < -0.4 is 14.7 Å². The molecule has 7 heteroatoms. The van der Waals surface area contributed by atoms with E-state index in [9.17, 15) is 14.4 Å². The van der Waals surface area contributed by atoms with Crippen LogP contribution >= 0.6 is 22.6 Å². The van der Waals surface area contributed by atoms with Gasteiger partial charge in [0.05, 0.1) is 5.56 Å². The molecule has 0 atom stereocenters. The van der Waals surface area contributed by atoms with Crippen molar-refractivity contribution in [3.63, 3.8) is 0 Å². The average Bonchev–Trinajstić information content (AvgIpc) is 2.95. The summed E-state index contributed by atoms with van der Waals surface area (Å²) in [6.07, 6.45) is 0. The van der Waals surface area contributed by atoms with Gasteiger partial charge in [0.15, 0.2) is 0 Å². The van der Waals surface area contributed by atoms with Gasteiger partial charge in [0, 0.05) is 52.9 Å². The molecule has 4 aromatic carbocycles. The fourth-order valence-corrected chi connectivity index (χ4v) is 4.48. The van der Waals surface area contributed by atoms with E-state index in [1.165, 1.54) is 4.90 Å². The smallest absolute Gasteiger partial charge is 0.259 e. The van der Waals surface area contributed by atoms with Crippen molar-refractivity contribution in [2.45, 2.75) is 0 Å². The number of hydrogen-bond acceptors (Lipinski definition) is 3. The summed E-state index contributed by atoms with van der Waals surface area (Å²) in [5.74, 6) is -0.446. The quantitative estimate of drug-likeness (QED) is 0.250. The molecule has 0 aromatic heterocycles. The lowest BCUT2D eigenvalue weighted by Gasteiger charge is -2.21. The maximum atomic E-state index is 13.1. The van der Waals surface area contributed by atoms with E-state index in [4.69, 9.17) is 0 Å². The average molecular weight is 603 g/mol. The molecule has 0 spiro atoms. The van der Waals surface area contributed by atoms with Crippen molar-refractivity contribution >= 4 is 57.4 Å². The van der Waals surface area contributed by atoms with E-state index < -0.39 is 0 Å². The number of carbonyl (C=O) groups excluding carboxylic acids is 3. The van der Waals surface area contributed by atoms with Gasteiger partial charge in [-0.15, -0.1) is 0 Å². The summed E-state index contributed by atoms with van der Waals surface area (Å²) in [6, 6.07) is 30.7. The SMILES string of the molecule is CN(C(=O)c1ccc(N(C)C(=O)c2ccc(N(C)C(=O)c3ccccc3I)cc2)cc1)c1ccccc1. The molecular formula is C30H26IN3O3. The van der Waals surface area contributed by atoms with Gasteiger partial charge in [0.2, 0.25) is 0 Å².